The highest BCUT2D eigenvalue weighted by Gasteiger charge is 2.36. The summed E-state index contributed by atoms with van der Waals surface area (Å²) in [5.41, 5.74) is 5.48. The number of pyridine rings is 1. The van der Waals surface area contributed by atoms with Gasteiger partial charge in [0.05, 0.1) is 24.4 Å². The van der Waals surface area contributed by atoms with Crippen LogP contribution >= 0.6 is 0 Å². The van der Waals surface area contributed by atoms with E-state index in [0.29, 0.717) is 12.2 Å². The molecule has 1 aromatic carbocycles. The highest BCUT2D eigenvalue weighted by atomic mass is 16.5. The van der Waals surface area contributed by atoms with E-state index in [-0.39, 0.29) is 17.9 Å². The molecule has 1 unspecified atom stereocenters. The van der Waals surface area contributed by atoms with Crippen LogP contribution in [0.2, 0.25) is 0 Å². The third-order valence-electron chi connectivity index (χ3n) is 7.02. The Morgan fingerprint density at radius 2 is 2.06 bits per heavy atom. The Hall–Kier alpha value is -3.47. The largest absolute Gasteiger partial charge is 0.496 e. The van der Waals surface area contributed by atoms with Crippen LogP contribution in [0.3, 0.4) is 0 Å². The molecule has 2 atom stereocenters. The van der Waals surface area contributed by atoms with E-state index < -0.39 is 0 Å². The number of anilines is 1. The van der Waals surface area contributed by atoms with Crippen molar-refractivity contribution in [2.75, 3.05) is 12.0 Å². The van der Waals surface area contributed by atoms with Crippen LogP contribution in [0.5, 0.6) is 5.75 Å². The summed E-state index contributed by atoms with van der Waals surface area (Å²) < 4.78 is 5.73. The summed E-state index contributed by atoms with van der Waals surface area (Å²) in [6, 6.07) is 3.82. The monoisotopic (exact) mass is 485 g/mol. The fourth-order valence-electron chi connectivity index (χ4n) is 4.71. The van der Waals surface area contributed by atoms with Crippen molar-refractivity contribution in [2.45, 2.75) is 66.3 Å². The molecule has 36 heavy (non-hydrogen) atoms. The maximum Gasteiger partial charge on any atom is 0.231 e. The van der Waals surface area contributed by atoms with Crippen molar-refractivity contribution >= 4 is 34.3 Å². The summed E-state index contributed by atoms with van der Waals surface area (Å²) in [6.07, 6.45) is 19.2. The molecular weight excluding hydrogens is 446 g/mol. The number of nitrogens with one attached hydrogen (secondary N) is 1. The Morgan fingerprint density at radius 1 is 1.28 bits per heavy atom. The zero-order valence-corrected chi connectivity index (χ0v) is 22.5. The zero-order valence-electron chi connectivity index (χ0n) is 22.5. The van der Waals surface area contributed by atoms with E-state index in [4.69, 9.17) is 15.1 Å². The molecule has 5 nitrogen and oxygen atoms in total. The van der Waals surface area contributed by atoms with Crippen LogP contribution in [0.25, 0.3) is 16.5 Å². The van der Waals surface area contributed by atoms with Crippen molar-refractivity contribution < 1.29 is 9.53 Å². The topological polar surface area (TPSA) is 66.3 Å². The number of ether oxygens (including phenoxy) is 1. The minimum absolute atomic E-state index is 0.0618. The van der Waals surface area contributed by atoms with Crippen molar-refractivity contribution in [1.82, 2.24) is 4.98 Å². The van der Waals surface area contributed by atoms with Gasteiger partial charge < -0.3 is 15.0 Å². The molecule has 0 saturated heterocycles. The lowest BCUT2D eigenvalue weighted by Gasteiger charge is -2.39. The fraction of sp³-hybridized carbons (Fsp3) is 0.387. The summed E-state index contributed by atoms with van der Waals surface area (Å²) >= 11 is 0. The summed E-state index contributed by atoms with van der Waals surface area (Å²) in [6.45, 7) is 10.3. The lowest BCUT2D eigenvalue weighted by molar-refractivity contribution is -0.123. The number of aromatic nitrogens is 1. The average Bonchev–Trinajstić information content (AvgIpc) is 2.89. The number of carbonyl (C=O) groups excluding carboxylic acids is 1. The second kappa shape index (κ2) is 12.5. The van der Waals surface area contributed by atoms with Crippen molar-refractivity contribution in [1.29, 1.82) is 5.41 Å². The summed E-state index contributed by atoms with van der Waals surface area (Å²) in [5.74, 6) is 0.760. The number of rotatable bonds is 10. The molecule has 0 saturated carbocycles. The maximum atomic E-state index is 13.8. The standard InChI is InChI=1S/C31H39N3O2/c1-7-10-11-12-13-14-15-21(4)22(5)34-30-25(16-23(8-2)31(34)35)20-33-28-17-26(24(9-3)19-32)29(36-6)18-27(28)30/h9,11-15,17-20,22-23,32H,7-8,10,16H2,1-6H3/b12-11?,14-13-,21-15+,24-9+,32-19?/t22-,23?/m1/s1. The predicted molar refractivity (Wildman–Crippen MR) is 152 cm³/mol. The zero-order chi connectivity index (χ0) is 26.2. The lowest BCUT2D eigenvalue weighted by atomic mass is 9.87. The van der Waals surface area contributed by atoms with E-state index >= 15 is 0 Å². The number of fused-ring (bicyclic) bond motifs is 3. The van der Waals surface area contributed by atoms with Crippen LogP contribution in [0, 0.1) is 11.3 Å². The van der Waals surface area contributed by atoms with E-state index in [2.05, 4.69) is 45.9 Å². The fourth-order valence-corrected chi connectivity index (χ4v) is 4.71. The molecular formula is C31H39N3O2. The highest BCUT2D eigenvalue weighted by Crippen LogP contribution is 2.42. The minimum Gasteiger partial charge on any atom is -0.496 e. The average molecular weight is 486 g/mol. The molecule has 1 aliphatic rings. The normalized spacial score (nSPS) is 17.8. The molecule has 1 N–H and O–H groups in total. The Kier molecular flexibility index (Phi) is 9.40. The van der Waals surface area contributed by atoms with Gasteiger partial charge in [0.1, 0.15) is 5.75 Å². The first-order valence-electron chi connectivity index (χ1n) is 12.9. The number of amides is 1. The summed E-state index contributed by atoms with van der Waals surface area (Å²) in [5, 5.41) is 8.70. The number of methoxy groups -OCH3 is 1. The minimum atomic E-state index is -0.112. The van der Waals surface area contributed by atoms with Gasteiger partial charge in [0.2, 0.25) is 5.91 Å². The van der Waals surface area contributed by atoms with Gasteiger partial charge >= 0.3 is 0 Å². The first-order chi connectivity index (χ1) is 17.4. The third-order valence-corrected chi connectivity index (χ3v) is 7.02. The molecule has 0 bridgehead atoms. The summed E-state index contributed by atoms with van der Waals surface area (Å²) in [7, 11) is 1.64. The maximum absolute atomic E-state index is 13.8. The molecule has 1 aromatic heterocycles. The number of benzene rings is 1. The van der Waals surface area contributed by atoms with Crippen LogP contribution in [0.4, 0.5) is 5.69 Å². The summed E-state index contributed by atoms with van der Waals surface area (Å²) in [4.78, 5) is 20.5. The number of nitrogens with zero attached hydrogens (tertiary/aromatic N) is 2. The molecule has 3 rings (SSSR count). The van der Waals surface area contributed by atoms with E-state index in [0.717, 1.165) is 58.1 Å². The van der Waals surface area contributed by atoms with Gasteiger partial charge in [-0.3, -0.25) is 9.78 Å². The van der Waals surface area contributed by atoms with Gasteiger partial charge in [-0.15, -0.1) is 0 Å². The number of hydrogen-bond acceptors (Lipinski definition) is 4. The van der Waals surface area contributed by atoms with Crippen LogP contribution < -0.4 is 9.64 Å². The molecule has 0 spiro atoms. The van der Waals surface area contributed by atoms with E-state index in [1.807, 2.05) is 48.4 Å². The highest BCUT2D eigenvalue weighted by molar-refractivity contribution is 6.12. The van der Waals surface area contributed by atoms with Crippen LogP contribution in [-0.2, 0) is 11.2 Å². The quantitative estimate of drug-likeness (QED) is 0.280. The first kappa shape index (κ1) is 27.1. The molecule has 1 aliphatic heterocycles. The van der Waals surface area contributed by atoms with Crippen LogP contribution in [0.1, 0.15) is 65.0 Å². The molecule has 1 amide bonds. The molecule has 2 aromatic rings. The van der Waals surface area contributed by atoms with Crippen molar-refractivity contribution in [3.63, 3.8) is 0 Å². The van der Waals surface area contributed by atoms with Crippen LogP contribution in [-0.4, -0.2) is 30.3 Å². The second-order valence-corrected chi connectivity index (χ2v) is 9.30. The van der Waals surface area contributed by atoms with Gasteiger partial charge in [-0.2, -0.15) is 0 Å². The van der Waals surface area contributed by atoms with Gasteiger partial charge in [-0.25, -0.2) is 0 Å². The van der Waals surface area contributed by atoms with Crippen LogP contribution in [0.15, 0.2) is 60.4 Å². The molecule has 0 fully saturated rings. The number of carbonyl (C=O) groups is 1. The van der Waals surface area contributed by atoms with Gasteiger partial charge in [0, 0.05) is 29.3 Å². The van der Waals surface area contributed by atoms with E-state index in [1.165, 1.54) is 6.21 Å². The van der Waals surface area contributed by atoms with Crippen molar-refractivity contribution in [2.24, 2.45) is 5.92 Å². The Balaban J connectivity index is 2.15. The molecule has 0 radical (unpaired) electrons. The Bertz CT molecular complexity index is 1240. The van der Waals surface area contributed by atoms with Gasteiger partial charge in [-0.05, 0) is 63.3 Å². The molecule has 0 aliphatic carbocycles. The number of unbranched alkanes of at least 4 members (excludes halogenated alkanes) is 1. The van der Waals surface area contributed by atoms with Gasteiger partial charge in [-0.1, -0.05) is 62.3 Å². The Labute approximate surface area is 215 Å². The SMILES string of the molecule is C/C=C(\C=N)c1cc2ncc3c(c2cc1OC)N([C@H](C)/C(C)=C/C=C\C=CCCC)C(=O)C(CC)C3. The molecule has 5 heteroatoms. The smallest absolute Gasteiger partial charge is 0.231 e. The predicted octanol–water partition coefficient (Wildman–Crippen LogP) is 7.46. The van der Waals surface area contributed by atoms with Crippen molar-refractivity contribution in [3.8, 4) is 5.75 Å². The third kappa shape index (κ3) is 5.51. The molecule has 2 heterocycles. The van der Waals surface area contributed by atoms with Gasteiger partial charge in [0.15, 0.2) is 0 Å². The number of hydrogen-bond donors (Lipinski definition) is 1. The van der Waals surface area contributed by atoms with Gasteiger partial charge in [0.25, 0.3) is 0 Å². The lowest BCUT2D eigenvalue weighted by Crippen LogP contribution is -2.47. The van der Waals surface area contributed by atoms with E-state index in [9.17, 15) is 4.79 Å². The Morgan fingerprint density at radius 3 is 2.69 bits per heavy atom. The first-order valence-corrected chi connectivity index (χ1v) is 12.9. The molecule has 190 valence electrons. The van der Waals surface area contributed by atoms with Crippen molar-refractivity contribution in [3.05, 3.63) is 71.5 Å². The van der Waals surface area contributed by atoms with E-state index in [1.54, 1.807) is 7.11 Å². The second-order valence-electron chi connectivity index (χ2n) is 9.30. The number of allylic oxidation sites excluding steroid dienone is 7.